The van der Waals surface area contributed by atoms with Crippen molar-refractivity contribution in [3.8, 4) is 5.69 Å². The molecule has 1 aromatic heterocycles. The van der Waals surface area contributed by atoms with Crippen molar-refractivity contribution in [1.82, 2.24) is 19.3 Å². The summed E-state index contributed by atoms with van der Waals surface area (Å²) in [6.45, 7) is 5.11. The van der Waals surface area contributed by atoms with E-state index in [1.54, 1.807) is 0 Å². The van der Waals surface area contributed by atoms with Crippen LogP contribution in [0.2, 0.25) is 0 Å². The first kappa shape index (κ1) is 17.8. The Balaban J connectivity index is 1.33. The Kier molecular flexibility index (Phi) is 5.25. The molecular weight excluding hydrogens is 340 g/mol. The summed E-state index contributed by atoms with van der Waals surface area (Å²) < 4.78 is 2.00. The van der Waals surface area contributed by atoms with Gasteiger partial charge in [-0.25, -0.2) is 0 Å². The minimum absolute atomic E-state index is 0.0644. The van der Waals surface area contributed by atoms with Crippen LogP contribution in [0, 0.1) is 0 Å². The lowest BCUT2D eigenvalue weighted by Gasteiger charge is -2.35. The summed E-state index contributed by atoms with van der Waals surface area (Å²) in [6, 6.07) is 11.7. The number of hydrogen-bond donors (Lipinski definition) is 0. The Labute approximate surface area is 160 Å². The summed E-state index contributed by atoms with van der Waals surface area (Å²) in [7, 11) is 0. The van der Waals surface area contributed by atoms with Gasteiger partial charge in [-0.15, -0.1) is 0 Å². The molecule has 2 saturated heterocycles. The topological polar surface area (TPSA) is 48.8 Å². The lowest BCUT2D eigenvalue weighted by atomic mass is 10.1. The molecule has 0 spiro atoms. The van der Waals surface area contributed by atoms with E-state index in [0.717, 1.165) is 44.7 Å². The zero-order valence-electron chi connectivity index (χ0n) is 15.6. The van der Waals surface area contributed by atoms with E-state index in [-0.39, 0.29) is 11.8 Å². The maximum atomic E-state index is 12.9. The van der Waals surface area contributed by atoms with Gasteiger partial charge in [0.15, 0.2) is 0 Å². The smallest absolute Gasteiger partial charge is 0.254 e. The van der Waals surface area contributed by atoms with Crippen molar-refractivity contribution in [2.24, 2.45) is 0 Å². The van der Waals surface area contributed by atoms with Crippen molar-refractivity contribution in [3.05, 3.63) is 54.4 Å². The van der Waals surface area contributed by atoms with E-state index in [9.17, 15) is 9.59 Å². The molecule has 2 fully saturated rings. The first-order chi connectivity index (χ1) is 13.2. The molecule has 2 aromatic rings. The van der Waals surface area contributed by atoms with Crippen molar-refractivity contribution in [3.63, 3.8) is 0 Å². The van der Waals surface area contributed by atoms with Crippen molar-refractivity contribution in [2.45, 2.75) is 12.8 Å². The third-order valence-electron chi connectivity index (χ3n) is 5.47. The molecule has 0 atom stereocenters. The maximum Gasteiger partial charge on any atom is 0.254 e. The van der Waals surface area contributed by atoms with Crippen LogP contribution in [0.5, 0.6) is 0 Å². The number of hydrogen-bond acceptors (Lipinski definition) is 3. The van der Waals surface area contributed by atoms with E-state index in [1.807, 2.05) is 63.2 Å². The van der Waals surface area contributed by atoms with Crippen molar-refractivity contribution in [1.29, 1.82) is 0 Å². The normalized spacial score (nSPS) is 18.1. The summed E-state index contributed by atoms with van der Waals surface area (Å²) in [6.07, 6.45) is 6.19. The van der Waals surface area contributed by atoms with Gasteiger partial charge in [0.25, 0.3) is 5.91 Å². The van der Waals surface area contributed by atoms with Crippen LogP contribution < -0.4 is 0 Å². The van der Waals surface area contributed by atoms with Gasteiger partial charge in [0.1, 0.15) is 0 Å². The van der Waals surface area contributed by atoms with Crippen LogP contribution in [0.4, 0.5) is 0 Å². The second-order valence-electron chi connectivity index (χ2n) is 7.30. The molecule has 2 aliphatic heterocycles. The molecule has 6 heteroatoms. The van der Waals surface area contributed by atoms with Crippen molar-refractivity contribution < 1.29 is 9.59 Å². The summed E-state index contributed by atoms with van der Waals surface area (Å²) in [5.41, 5.74) is 1.70. The molecule has 0 N–H and O–H groups in total. The van der Waals surface area contributed by atoms with E-state index in [0.29, 0.717) is 25.2 Å². The molecular formula is C21H26N4O2. The average molecular weight is 366 g/mol. The third-order valence-corrected chi connectivity index (χ3v) is 5.47. The van der Waals surface area contributed by atoms with Crippen molar-refractivity contribution in [2.75, 3.05) is 45.8 Å². The lowest BCUT2D eigenvalue weighted by Crippen LogP contribution is -2.51. The SMILES string of the molecule is O=C(CN1CCN(C(=O)c2cccc(-n3cccc3)c2)CC1)N1CCCC1. The molecule has 2 amide bonds. The molecule has 6 nitrogen and oxygen atoms in total. The average Bonchev–Trinajstić information content (AvgIpc) is 3.42. The first-order valence-corrected chi connectivity index (χ1v) is 9.73. The highest BCUT2D eigenvalue weighted by atomic mass is 16.2. The fourth-order valence-corrected chi connectivity index (χ4v) is 3.86. The fraction of sp³-hybridized carbons (Fsp3) is 0.429. The Bertz CT molecular complexity index is 788. The molecule has 0 unspecified atom stereocenters. The summed E-state index contributed by atoms with van der Waals surface area (Å²) in [5.74, 6) is 0.293. The van der Waals surface area contributed by atoms with Gasteiger partial charge in [0.2, 0.25) is 5.91 Å². The standard InChI is InChI=1S/C21H26N4O2/c26-20(24-10-3-4-11-24)17-22-12-14-25(15-13-22)21(27)18-6-5-7-19(16-18)23-8-1-2-9-23/h1-2,5-9,16H,3-4,10-15,17H2. The Morgan fingerprint density at radius 2 is 1.52 bits per heavy atom. The summed E-state index contributed by atoms with van der Waals surface area (Å²) >= 11 is 0. The molecule has 142 valence electrons. The van der Waals surface area contributed by atoms with Crippen molar-refractivity contribution >= 4 is 11.8 Å². The predicted molar refractivity (Wildman–Crippen MR) is 104 cm³/mol. The number of piperazine rings is 1. The van der Waals surface area contributed by atoms with Gasteiger partial charge in [-0.3, -0.25) is 14.5 Å². The highest BCUT2D eigenvalue weighted by Crippen LogP contribution is 2.15. The lowest BCUT2D eigenvalue weighted by molar-refractivity contribution is -0.131. The van der Waals surface area contributed by atoms with E-state index >= 15 is 0 Å². The number of carbonyl (C=O) groups is 2. The van der Waals surface area contributed by atoms with Crippen LogP contribution in [-0.2, 0) is 4.79 Å². The van der Waals surface area contributed by atoms with Crippen LogP contribution in [-0.4, -0.2) is 76.9 Å². The molecule has 0 radical (unpaired) electrons. The van der Waals surface area contributed by atoms with E-state index < -0.39 is 0 Å². The molecule has 0 bridgehead atoms. The zero-order valence-corrected chi connectivity index (χ0v) is 15.6. The number of likely N-dealkylation sites (tertiary alicyclic amines) is 1. The minimum atomic E-state index is 0.0644. The number of nitrogens with zero attached hydrogens (tertiary/aromatic N) is 4. The second-order valence-corrected chi connectivity index (χ2v) is 7.30. The van der Waals surface area contributed by atoms with Crippen LogP contribution in [0.1, 0.15) is 23.2 Å². The Hall–Kier alpha value is -2.60. The molecule has 0 saturated carbocycles. The number of amides is 2. The van der Waals surface area contributed by atoms with Gasteiger partial charge in [-0.1, -0.05) is 6.07 Å². The van der Waals surface area contributed by atoms with Gasteiger partial charge in [0, 0.05) is 62.9 Å². The van der Waals surface area contributed by atoms with E-state index in [1.165, 1.54) is 0 Å². The maximum absolute atomic E-state index is 12.9. The molecule has 2 aliphatic rings. The number of aromatic nitrogens is 1. The summed E-state index contributed by atoms with van der Waals surface area (Å²) in [4.78, 5) is 31.2. The van der Waals surface area contributed by atoms with E-state index in [2.05, 4.69) is 4.90 Å². The monoisotopic (exact) mass is 366 g/mol. The van der Waals surface area contributed by atoms with Crippen LogP contribution >= 0.6 is 0 Å². The first-order valence-electron chi connectivity index (χ1n) is 9.73. The van der Waals surface area contributed by atoms with Crippen LogP contribution in [0.3, 0.4) is 0 Å². The highest BCUT2D eigenvalue weighted by molar-refractivity contribution is 5.94. The van der Waals surface area contributed by atoms with Gasteiger partial charge in [0.05, 0.1) is 6.54 Å². The Morgan fingerprint density at radius 1 is 0.815 bits per heavy atom. The van der Waals surface area contributed by atoms with Gasteiger partial charge >= 0.3 is 0 Å². The minimum Gasteiger partial charge on any atom is -0.342 e. The van der Waals surface area contributed by atoms with Crippen LogP contribution in [0.15, 0.2) is 48.8 Å². The number of carbonyl (C=O) groups excluding carboxylic acids is 2. The quantitative estimate of drug-likeness (QED) is 0.830. The molecule has 1 aromatic carbocycles. The zero-order chi connectivity index (χ0) is 18.6. The molecule has 3 heterocycles. The van der Waals surface area contributed by atoms with Gasteiger partial charge in [-0.2, -0.15) is 0 Å². The van der Waals surface area contributed by atoms with Crippen LogP contribution in [0.25, 0.3) is 5.69 Å². The number of rotatable bonds is 4. The predicted octanol–water partition coefficient (Wildman–Crippen LogP) is 1.86. The van der Waals surface area contributed by atoms with E-state index in [4.69, 9.17) is 0 Å². The molecule has 27 heavy (non-hydrogen) atoms. The fourth-order valence-electron chi connectivity index (χ4n) is 3.86. The van der Waals surface area contributed by atoms with Gasteiger partial charge in [-0.05, 0) is 43.2 Å². The van der Waals surface area contributed by atoms with Gasteiger partial charge < -0.3 is 14.4 Å². The number of benzene rings is 1. The second kappa shape index (κ2) is 7.96. The Morgan fingerprint density at radius 3 is 2.22 bits per heavy atom. The highest BCUT2D eigenvalue weighted by Gasteiger charge is 2.25. The largest absolute Gasteiger partial charge is 0.342 e. The molecule has 0 aliphatic carbocycles. The third kappa shape index (κ3) is 4.06. The summed E-state index contributed by atoms with van der Waals surface area (Å²) in [5, 5.41) is 0. The molecule has 4 rings (SSSR count).